The molecule has 4 heteroatoms. The van der Waals surface area contributed by atoms with Crippen LogP contribution < -0.4 is 9.05 Å². The van der Waals surface area contributed by atoms with Crippen molar-refractivity contribution in [2.24, 2.45) is 0 Å². The minimum atomic E-state index is -3.24. The molecule has 0 saturated heterocycles. The van der Waals surface area contributed by atoms with Crippen molar-refractivity contribution in [1.82, 2.24) is 0 Å². The normalized spacial score (nSPS) is 11.3. The second-order valence-electron chi connectivity index (χ2n) is 5.51. The summed E-state index contributed by atoms with van der Waals surface area (Å²) in [7, 11) is -3.24. The lowest BCUT2D eigenvalue weighted by atomic mass is 10.1. The van der Waals surface area contributed by atoms with Gasteiger partial charge in [-0.15, -0.1) is 0 Å². The van der Waals surface area contributed by atoms with Crippen molar-refractivity contribution >= 4 is 7.60 Å². The molecule has 0 aliphatic carbocycles. The van der Waals surface area contributed by atoms with Gasteiger partial charge < -0.3 is 9.05 Å². The van der Waals surface area contributed by atoms with Crippen molar-refractivity contribution in [2.75, 3.05) is 6.16 Å². The van der Waals surface area contributed by atoms with Crippen molar-refractivity contribution in [3.05, 3.63) is 58.7 Å². The van der Waals surface area contributed by atoms with Gasteiger partial charge in [0.15, 0.2) is 0 Å². The van der Waals surface area contributed by atoms with E-state index in [1.54, 1.807) is 0 Å². The minimum Gasteiger partial charge on any atom is -0.416 e. The first kappa shape index (κ1) is 16.6. The number of hydrogen-bond acceptors (Lipinski definition) is 3. The average Bonchev–Trinajstić information content (AvgIpc) is 2.49. The molecule has 2 rings (SSSR count). The molecule has 0 spiro atoms. The van der Waals surface area contributed by atoms with Crippen molar-refractivity contribution < 1.29 is 13.6 Å². The smallest absolute Gasteiger partial charge is 0.416 e. The van der Waals surface area contributed by atoms with Crippen LogP contribution in [0.1, 0.15) is 29.2 Å². The Bertz CT molecular complexity index is 665. The molecule has 0 radical (unpaired) electrons. The Kier molecular flexibility index (Phi) is 4.97. The predicted molar refractivity (Wildman–Crippen MR) is 91.2 cm³/mol. The van der Waals surface area contributed by atoms with E-state index in [0.29, 0.717) is 17.7 Å². The molecule has 0 aliphatic rings. The molecule has 0 unspecified atom stereocenters. The second kappa shape index (κ2) is 6.58. The van der Waals surface area contributed by atoms with E-state index in [4.69, 9.17) is 9.05 Å². The molecule has 0 heterocycles. The van der Waals surface area contributed by atoms with Gasteiger partial charge in [0.1, 0.15) is 11.5 Å². The van der Waals surface area contributed by atoms with Gasteiger partial charge in [0.25, 0.3) is 0 Å². The van der Waals surface area contributed by atoms with Crippen LogP contribution in [0.25, 0.3) is 0 Å². The quantitative estimate of drug-likeness (QED) is 0.674. The van der Waals surface area contributed by atoms with Crippen LogP contribution >= 0.6 is 7.60 Å². The van der Waals surface area contributed by atoms with Gasteiger partial charge in [-0.2, -0.15) is 0 Å². The highest BCUT2D eigenvalue weighted by Crippen LogP contribution is 2.49. The highest BCUT2D eigenvalue weighted by molar-refractivity contribution is 7.54. The van der Waals surface area contributed by atoms with E-state index in [1.165, 1.54) is 0 Å². The van der Waals surface area contributed by atoms with Crippen LogP contribution in [0.3, 0.4) is 0 Å². The van der Waals surface area contributed by atoms with Crippen LogP contribution in [0, 0.1) is 27.7 Å². The molecule has 0 aliphatic heterocycles. The number of hydrogen-bond donors (Lipinski definition) is 0. The lowest BCUT2D eigenvalue weighted by Crippen LogP contribution is -2.05. The van der Waals surface area contributed by atoms with Crippen molar-refractivity contribution in [3.8, 4) is 11.5 Å². The van der Waals surface area contributed by atoms with E-state index in [9.17, 15) is 4.57 Å². The first-order chi connectivity index (χ1) is 10.4. The Labute approximate surface area is 132 Å². The summed E-state index contributed by atoms with van der Waals surface area (Å²) in [5.74, 6) is 1.24. The summed E-state index contributed by atoms with van der Waals surface area (Å²) < 4.78 is 24.6. The lowest BCUT2D eigenvalue weighted by Gasteiger charge is -2.21. The van der Waals surface area contributed by atoms with Gasteiger partial charge in [-0.25, -0.2) is 4.57 Å². The second-order valence-corrected chi connectivity index (χ2v) is 7.73. The molecule has 0 fully saturated rings. The first-order valence-electron chi connectivity index (χ1n) is 7.47. The molecule has 0 aromatic heterocycles. The Morgan fingerprint density at radius 3 is 1.59 bits per heavy atom. The van der Waals surface area contributed by atoms with Crippen molar-refractivity contribution in [3.63, 3.8) is 0 Å². The zero-order valence-electron chi connectivity index (χ0n) is 13.8. The predicted octanol–water partition coefficient (Wildman–Crippen LogP) is 5.59. The van der Waals surface area contributed by atoms with E-state index < -0.39 is 7.60 Å². The maximum Gasteiger partial charge on any atom is 0.430 e. The molecule has 0 saturated carbocycles. The Morgan fingerprint density at radius 1 is 0.818 bits per heavy atom. The summed E-state index contributed by atoms with van der Waals surface area (Å²) in [6, 6.07) is 11.5. The fourth-order valence-electron chi connectivity index (χ4n) is 2.09. The molecule has 2 aromatic carbocycles. The fourth-order valence-corrected chi connectivity index (χ4v) is 3.38. The maximum atomic E-state index is 13.0. The number of rotatable bonds is 5. The summed E-state index contributed by atoms with van der Waals surface area (Å²) >= 11 is 0. The third kappa shape index (κ3) is 3.53. The summed E-state index contributed by atoms with van der Waals surface area (Å²) in [5.41, 5.74) is 4.18. The number of benzene rings is 2. The van der Waals surface area contributed by atoms with Crippen LogP contribution in [-0.4, -0.2) is 6.16 Å². The van der Waals surface area contributed by atoms with E-state index in [-0.39, 0.29) is 0 Å². The SMILES string of the molecule is CCP(=O)(Oc1cccc(C)c1C)Oc1cccc(C)c1C. The average molecular weight is 318 g/mol. The molecule has 0 bridgehead atoms. The van der Waals surface area contributed by atoms with Crippen LogP contribution in [0.5, 0.6) is 11.5 Å². The first-order valence-corrected chi connectivity index (χ1v) is 9.20. The van der Waals surface area contributed by atoms with E-state index >= 15 is 0 Å². The lowest BCUT2D eigenvalue weighted by molar-refractivity contribution is 0.385. The van der Waals surface area contributed by atoms with Crippen LogP contribution in [-0.2, 0) is 4.57 Å². The molecule has 0 amide bonds. The van der Waals surface area contributed by atoms with Crippen LogP contribution in [0.4, 0.5) is 0 Å². The molecule has 0 N–H and O–H groups in total. The van der Waals surface area contributed by atoms with Gasteiger partial charge in [-0.1, -0.05) is 31.2 Å². The van der Waals surface area contributed by atoms with E-state index in [1.807, 2.05) is 71.0 Å². The molecule has 2 aromatic rings. The monoisotopic (exact) mass is 318 g/mol. The van der Waals surface area contributed by atoms with Crippen LogP contribution in [0.15, 0.2) is 36.4 Å². The Hall–Kier alpha value is -1.73. The maximum absolute atomic E-state index is 13.0. The molecular formula is C18H23O3P. The summed E-state index contributed by atoms with van der Waals surface area (Å²) in [5, 5.41) is 0. The Morgan fingerprint density at radius 2 is 1.23 bits per heavy atom. The highest BCUT2D eigenvalue weighted by atomic mass is 31.2. The molecule has 22 heavy (non-hydrogen) atoms. The summed E-state index contributed by atoms with van der Waals surface area (Å²) in [6.07, 6.45) is 0.313. The van der Waals surface area contributed by atoms with Gasteiger partial charge >= 0.3 is 7.60 Å². The summed E-state index contributed by atoms with van der Waals surface area (Å²) in [6.45, 7) is 9.75. The highest BCUT2D eigenvalue weighted by Gasteiger charge is 2.27. The number of aryl methyl sites for hydroxylation is 2. The van der Waals surface area contributed by atoms with Gasteiger partial charge in [0.05, 0.1) is 6.16 Å². The van der Waals surface area contributed by atoms with Gasteiger partial charge in [0, 0.05) is 0 Å². The summed E-state index contributed by atoms with van der Waals surface area (Å²) in [4.78, 5) is 0. The van der Waals surface area contributed by atoms with Crippen molar-refractivity contribution in [1.29, 1.82) is 0 Å². The molecule has 118 valence electrons. The van der Waals surface area contributed by atoms with Gasteiger partial charge in [-0.3, -0.25) is 0 Å². The molecule has 3 nitrogen and oxygen atoms in total. The molecular weight excluding hydrogens is 295 g/mol. The third-order valence-electron chi connectivity index (χ3n) is 3.97. The standard InChI is InChI=1S/C18H23O3P/c1-6-22(19,20-17-11-7-9-13(2)15(17)4)21-18-12-8-10-14(3)16(18)5/h7-12H,6H2,1-5H3. The van der Waals surface area contributed by atoms with Crippen molar-refractivity contribution in [2.45, 2.75) is 34.6 Å². The zero-order valence-corrected chi connectivity index (χ0v) is 14.7. The third-order valence-corrected chi connectivity index (χ3v) is 5.70. The largest absolute Gasteiger partial charge is 0.430 e. The van der Waals surface area contributed by atoms with Crippen LogP contribution in [0.2, 0.25) is 0 Å². The minimum absolute atomic E-state index is 0.313. The Balaban J connectivity index is 2.31. The zero-order chi connectivity index (χ0) is 16.3. The van der Waals surface area contributed by atoms with Gasteiger partial charge in [-0.05, 0) is 62.1 Å². The topological polar surface area (TPSA) is 35.5 Å². The fraction of sp³-hybridized carbons (Fsp3) is 0.333. The van der Waals surface area contributed by atoms with Gasteiger partial charge in [0.2, 0.25) is 0 Å². The van der Waals surface area contributed by atoms with E-state index in [2.05, 4.69) is 0 Å². The molecule has 0 atom stereocenters. The van der Waals surface area contributed by atoms with E-state index in [0.717, 1.165) is 22.3 Å².